The topological polar surface area (TPSA) is 57.0 Å². The van der Waals surface area contributed by atoms with E-state index in [4.69, 9.17) is 4.74 Å². The fourth-order valence-electron chi connectivity index (χ4n) is 2.21. The lowest BCUT2D eigenvalue weighted by atomic mass is 9.91. The smallest absolute Gasteiger partial charge is 0.433 e. The molecule has 0 aliphatic rings. The SMILES string of the molecule is CCOC(=O)C[C@H](c1ccc(C(F)(F)F)nc1)c1cnn(C)c1. The molecule has 0 amide bonds. The van der Waals surface area contributed by atoms with Crippen LogP contribution in [-0.2, 0) is 22.8 Å². The quantitative estimate of drug-likeness (QED) is 0.792. The van der Waals surface area contributed by atoms with Crippen molar-refractivity contribution in [1.82, 2.24) is 14.8 Å². The van der Waals surface area contributed by atoms with Crippen molar-refractivity contribution in [3.05, 3.63) is 47.5 Å². The Bertz CT molecular complexity index is 665. The first kappa shape index (κ1) is 17.0. The van der Waals surface area contributed by atoms with Gasteiger partial charge >= 0.3 is 12.1 Å². The van der Waals surface area contributed by atoms with Gasteiger partial charge in [0.15, 0.2) is 0 Å². The maximum Gasteiger partial charge on any atom is 0.433 e. The molecule has 0 unspecified atom stereocenters. The predicted molar refractivity (Wildman–Crippen MR) is 75.5 cm³/mol. The second kappa shape index (κ2) is 6.80. The van der Waals surface area contributed by atoms with Gasteiger partial charge in [-0.05, 0) is 24.1 Å². The van der Waals surface area contributed by atoms with Crippen molar-refractivity contribution in [1.29, 1.82) is 0 Å². The zero-order chi connectivity index (χ0) is 17.0. The summed E-state index contributed by atoms with van der Waals surface area (Å²) in [5.74, 6) is -0.890. The van der Waals surface area contributed by atoms with Crippen LogP contribution in [0.15, 0.2) is 30.7 Å². The van der Waals surface area contributed by atoms with Crippen LogP contribution in [0.5, 0.6) is 0 Å². The largest absolute Gasteiger partial charge is 0.466 e. The Hall–Kier alpha value is -2.38. The van der Waals surface area contributed by atoms with E-state index in [1.54, 1.807) is 31.0 Å². The predicted octanol–water partition coefficient (Wildman–Crippen LogP) is 2.92. The number of carbonyl (C=O) groups is 1. The Labute approximate surface area is 131 Å². The minimum Gasteiger partial charge on any atom is -0.466 e. The summed E-state index contributed by atoms with van der Waals surface area (Å²) in [6, 6.07) is 2.23. The highest BCUT2D eigenvalue weighted by Gasteiger charge is 2.32. The minimum atomic E-state index is -4.50. The summed E-state index contributed by atoms with van der Waals surface area (Å²) in [5.41, 5.74) is 0.239. The van der Waals surface area contributed by atoms with Gasteiger partial charge < -0.3 is 4.74 Å². The zero-order valence-corrected chi connectivity index (χ0v) is 12.7. The van der Waals surface area contributed by atoms with E-state index in [-0.39, 0.29) is 13.0 Å². The van der Waals surface area contributed by atoms with Gasteiger partial charge in [-0.25, -0.2) is 0 Å². The number of hydrogen-bond donors (Lipinski definition) is 0. The van der Waals surface area contributed by atoms with Crippen LogP contribution in [0.2, 0.25) is 0 Å². The average Bonchev–Trinajstić information content (AvgIpc) is 2.91. The maximum absolute atomic E-state index is 12.6. The number of rotatable bonds is 5. The third-order valence-corrected chi connectivity index (χ3v) is 3.28. The van der Waals surface area contributed by atoms with E-state index >= 15 is 0 Å². The summed E-state index contributed by atoms with van der Waals surface area (Å²) in [6.45, 7) is 1.93. The normalized spacial score (nSPS) is 12.9. The van der Waals surface area contributed by atoms with Gasteiger partial charge in [0, 0.05) is 25.4 Å². The van der Waals surface area contributed by atoms with Gasteiger partial charge in [0.2, 0.25) is 0 Å². The minimum absolute atomic E-state index is 0.00653. The van der Waals surface area contributed by atoms with Crippen molar-refractivity contribution < 1.29 is 22.7 Å². The van der Waals surface area contributed by atoms with E-state index in [0.29, 0.717) is 11.1 Å². The molecule has 124 valence electrons. The third kappa shape index (κ3) is 4.30. The third-order valence-electron chi connectivity index (χ3n) is 3.28. The molecule has 0 aromatic carbocycles. The van der Waals surface area contributed by atoms with E-state index in [1.807, 2.05) is 0 Å². The van der Waals surface area contributed by atoms with Crippen LogP contribution in [0.1, 0.15) is 36.1 Å². The molecule has 0 radical (unpaired) electrons. The Morgan fingerprint density at radius 3 is 2.52 bits per heavy atom. The molecule has 0 saturated carbocycles. The first-order chi connectivity index (χ1) is 10.8. The fraction of sp³-hybridized carbons (Fsp3) is 0.400. The van der Waals surface area contributed by atoms with Gasteiger partial charge in [0.1, 0.15) is 5.69 Å². The van der Waals surface area contributed by atoms with Gasteiger partial charge in [-0.1, -0.05) is 6.07 Å². The summed E-state index contributed by atoms with van der Waals surface area (Å²) >= 11 is 0. The van der Waals surface area contributed by atoms with E-state index in [9.17, 15) is 18.0 Å². The van der Waals surface area contributed by atoms with Crippen LogP contribution in [0.3, 0.4) is 0 Å². The van der Waals surface area contributed by atoms with Gasteiger partial charge in [-0.3, -0.25) is 14.5 Å². The van der Waals surface area contributed by atoms with E-state index in [2.05, 4.69) is 10.1 Å². The molecular formula is C15H16F3N3O2. The van der Waals surface area contributed by atoms with Gasteiger partial charge in [-0.2, -0.15) is 18.3 Å². The Balaban J connectivity index is 2.31. The maximum atomic E-state index is 12.6. The van der Waals surface area contributed by atoms with Crippen LogP contribution in [-0.4, -0.2) is 27.3 Å². The number of aryl methyl sites for hydroxylation is 1. The molecule has 0 fully saturated rings. The van der Waals surface area contributed by atoms with Crippen LogP contribution in [0.25, 0.3) is 0 Å². The van der Waals surface area contributed by atoms with Crippen molar-refractivity contribution >= 4 is 5.97 Å². The molecule has 0 aliphatic carbocycles. The number of esters is 1. The monoisotopic (exact) mass is 327 g/mol. The number of halogens is 3. The molecule has 1 atom stereocenters. The van der Waals surface area contributed by atoms with Crippen molar-refractivity contribution in [2.75, 3.05) is 6.61 Å². The average molecular weight is 327 g/mol. The number of ether oxygens (including phenoxy) is 1. The van der Waals surface area contributed by atoms with Crippen molar-refractivity contribution in [3.8, 4) is 0 Å². The summed E-state index contributed by atoms with van der Waals surface area (Å²) in [4.78, 5) is 15.2. The molecular weight excluding hydrogens is 311 g/mol. The highest BCUT2D eigenvalue weighted by Crippen LogP contribution is 2.31. The zero-order valence-electron chi connectivity index (χ0n) is 12.7. The Kier molecular flexibility index (Phi) is 5.02. The first-order valence-corrected chi connectivity index (χ1v) is 6.98. The number of nitrogens with zero attached hydrogens (tertiary/aromatic N) is 3. The lowest BCUT2D eigenvalue weighted by Crippen LogP contribution is -2.13. The van der Waals surface area contributed by atoms with Crippen molar-refractivity contribution in [2.24, 2.45) is 7.05 Å². The number of alkyl halides is 3. The second-order valence-corrected chi connectivity index (χ2v) is 4.98. The molecule has 2 heterocycles. The standard InChI is InChI=1S/C15H16F3N3O2/c1-3-23-14(22)6-12(11-8-20-21(2)9-11)10-4-5-13(19-7-10)15(16,17)18/h4-5,7-9,12H,3,6H2,1-2H3/t12-/m1/s1. The molecule has 5 nitrogen and oxygen atoms in total. The number of hydrogen-bond acceptors (Lipinski definition) is 4. The lowest BCUT2D eigenvalue weighted by molar-refractivity contribution is -0.143. The van der Waals surface area contributed by atoms with Gasteiger partial charge in [0.05, 0.1) is 19.2 Å². The molecule has 2 aromatic heterocycles. The van der Waals surface area contributed by atoms with Gasteiger partial charge in [-0.15, -0.1) is 0 Å². The number of aromatic nitrogens is 3. The van der Waals surface area contributed by atoms with Crippen LogP contribution >= 0.6 is 0 Å². The van der Waals surface area contributed by atoms with Crippen LogP contribution < -0.4 is 0 Å². The molecule has 2 aromatic rings. The van der Waals surface area contributed by atoms with Crippen LogP contribution in [0, 0.1) is 0 Å². The van der Waals surface area contributed by atoms with Crippen LogP contribution in [0.4, 0.5) is 13.2 Å². The van der Waals surface area contributed by atoms with Crippen molar-refractivity contribution in [3.63, 3.8) is 0 Å². The number of carbonyl (C=O) groups excluding carboxylic acids is 1. The summed E-state index contributed by atoms with van der Waals surface area (Å²) < 4.78 is 44.3. The lowest BCUT2D eigenvalue weighted by Gasteiger charge is -2.15. The highest BCUT2D eigenvalue weighted by atomic mass is 19.4. The summed E-state index contributed by atoms with van der Waals surface area (Å²) in [5, 5.41) is 4.04. The van der Waals surface area contributed by atoms with E-state index < -0.39 is 23.8 Å². The first-order valence-electron chi connectivity index (χ1n) is 6.98. The molecule has 23 heavy (non-hydrogen) atoms. The Morgan fingerprint density at radius 2 is 2.04 bits per heavy atom. The Morgan fingerprint density at radius 1 is 1.30 bits per heavy atom. The highest BCUT2D eigenvalue weighted by molar-refractivity contribution is 5.71. The molecule has 0 saturated heterocycles. The molecule has 0 aliphatic heterocycles. The number of pyridine rings is 1. The van der Waals surface area contributed by atoms with E-state index in [0.717, 1.165) is 12.3 Å². The fourth-order valence-corrected chi connectivity index (χ4v) is 2.21. The van der Waals surface area contributed by atoms with Gasteiger partial charge in [0.25, 0.3) is 0 Å². The molecule has 8 heteroatoms. The van der Waals surface area contributed by atoms with E-state index in [1.165, 1.54) is 6.07 Å². The summed E-state index contributed by atoms with van der Waals surface area (Å²) in [7, 11) is 1.72. The molecule has 0 N–H and O–H groups in total. The second-order valence-electron chi connectivity index (χ2n) is 4.98. The molecule has 2 rings (SSSR count). The molecule has 0 spiro atoms. The summed E-state index contributed by atoms with van der Waals surface area (Å²) in [6.07, 6.45) is -0.0705. The molecule has 0 bridgehead atoms. The van der Waals surface area contributed by atoms with Crippen molar-refractivity contribution in [2.45, 2.75) is 25.4 Å².